The molecule has 0 unspecified atom stereocenters. The summed E-state index contributed by atoms with van der Waals surface area (Å²) in [6.45, 7) is 0. The van der Waals surface area contributed by atoms with Crippen molar-refractivity contribution in [3.05, 3.63) is 29.8 Å². The molecule has 66 valence electrons. The third-order valence-corrected chi connectivity index (χ3v) is 2.35. The van der Waals surface area contributed by atoms with Crippen molar-refractivity contribution >= 4 is 17.7 Å². The fraction of sp³-hybridized carbons (Fsp3) is 0.111. The van der Waals surface area contributed by atoms with Gasteiger partial charge in [-0.15, -0.1) is 11.8 Å². The third-order valence-electron chi connectivity index (χ3n) is 1.41. The predicted molar refractivity (Wildman–Crippen MR) is 49.7 cm³/mol. The Kier molecular flexibility index (Phi) is 3.35. The topological polar surface area (TPSA) is 61.1 Å². The lowest BCUT2D eigenvalue weighted by Gasteiger charge is -2.01. The first kappa shape index (κ1) is 9.62. The standard InChI is InChI=1S/C9H7NO2S/c10-5-6-13-8-4-2-1-3-7(8)9(11)12/h1-4H,6H2,(H,11,12). The third kappa shape index (κ3) is 2.49. The lowest BCUT2D eigenvalue weighted by Crippen LogP contribution is -1.98. The van der Waals surface area contributed by atoms with Gasteiger partial charge in [-0.25, -0.2) is 4.79 Å². The van der Waals surface area contributed by atoms with Crippen molar-refractivity contribution in [3.63, 3.8) is 0 Å². The number of hydrogen-bond donors (Lipinski definition) is 1. The second-order valence-corrected chi connectivity index (χ2v) is 3.27. The zero-order valence-corrected chi connectivity index (χ0v) is 7.54. The van der Waals surface area contributed by atoms with E-state index in [4.69, 9.17) is 10.4 Å². The molecule has 1 rings (SSSR count). The molecule has 4 heteroatoms. The van der Waals surface area contributed by atoms with Crippen LogP contribution in [0, 0.1) is 11.3 Å². The fourth-order valence-electron chi connectivity index (χ4n) is 0.879. The Bertz CT molecular complexity index is 357. The molecule has 0 saturated heterocycles. The molecule has 0 amide bonds. The number of carboxylic acid groups (broad SMARTS) is 1. The molecule has 0 saturated carbocycles. The van der Waals surface area contributed by atoms with Gasteiger partial charge in [0.05, 0.1) is 17.4 Å². The highest BCUT2D eigenvalue weighted by Crippen LogP contribution is 2.21. The number of nitriles is 1. The van der Waals surface area contributed by atoms with E-state index < -0.39 is 5.97 Å². The average Bonchev–Trinajstić information content (AvgIpc) is 2.15. The molecule has 0 aliphatic rings. The summed E-state index contributed by atoms with van der Waals surface area (Å²) in [5.41, 5.74) is 0.253. The zero-order valence-electron chi connectivity index (χ0n) is 6.73. The zero-order chi connectivity index (χ0) is 9.68. The smallest absolute Gasteiger partial charge is 0.336 e. The lowest BCUT2D eigenvalue weighted by molar-refractivity contribution is 0.0693. The van der Waals surface area contributed by atoms with Crippen LogP contribution in [0.25, 0.3) is 0 Å². The molecule has 13 heavy (non-hydrogen) atoms. The second kappa shape index (κ2) is 4.53. The Morgan fingerprint density at radius 3 is 2.85 bits per heavy atom. The maximum absolute atomic E-state index is 10.7. The van der Waals surface area contributed by atoms with E-state index >= 15 is 0 Å². The first-order chi connectivity index (χ1) is 6.25. The summed E-state index contributed by atoms with van der Waals surface area (Å²) in [7, 11) is 0. The summed E-state index contributed by atoms with van der Waals surface area (Å²) in [4.78, 5) is 11.3. The minimum absolute atomic E-state index is 0.253. The van der Waals surface area contributed by atoms with Crippen LogP contribution in [0.2, 0.25) is 0 Å². The number of carboxylic acids is 1. The van der Waals surface area contributed by atoms with Crippen LogP contribution in [0.1, 0.15) is 10.4 Å². The van der Waals surface area contributed by atoms with Crippen LogP contribution in [0.5, 0.6) is 0 Å². The molecular formula is C9H7NO2S. The van der Waals surface area contributed by atoms with E-state index in [1.807, 2.05) is 6.07 Å². The predicted octanol–water partition coefficient (Wildman–Crippen LogP) is 2.00. The second-order valence-electron chi connectivity index (χ2n) is 2.25. The number of benzene rings is 1. The Hall–Kier alpha value is -1.47. The van der Waals surface area contributed by atoms with E-state index in [1.54, 1.807) is 18.2 Å². The van der Waals surface area contributed by atoms with Crippen molar-refractivity contribution in [2.75, 3.05) is 5.75 Å². The van der Waals surface area contributed by atoms with Gasteiger partial charge in [0.2, 0.25) is 0 Å². The van der Waals surface area contributed by atoms with Gasteiger partial charge in [0.25, 0.3) is 0 Å². The van der Waals surface area contributed by atoms with Crippen LogP contribution in [0.4, 0.5) is 0 Å². The number of hydrogen-bond acceptors (Lipinski definition) is 3. The van der Waals surface area contributed by atoms with Gasteiger partial charge >= 0.3 is 5.97 Å². The summed E-state index contributed by atoms with van der Waals surface area (Å²) < 4.78 is 0. The molecule has 0 radical (unpaired) electrons. The van der Waals surface area contributed by atoms with Crippen molar-refractivity contribution in [2.45, 2.75) is 4.90 Å². The Morgan fingerprint density at radius 1 is 1.54 bits per heavy atom. The molecule has 1 aromatic carbocycles. The number of thioether (sulfide) groups is 1. The van der Waals surface area contributed by atoms with E-state index in [-0.39, 0.29) is 11.3 Å². The maximum Gasteiger partial charge on any atom is 0.336 e. The molecule has 0 heterocycles. The molecule has 1 aromatic rings. The van der Waals surface area contributed by atoms with Gasteiger partial charge in [0.15, 0.2) is 0 Å². The van der Waals surface area contributed by atoms with Crippen molar-refractivity contribution in [3.8, 4) is 6.07 Å². The van der Waals surface area contributed by atoms with Crippen molar-refractivity contribution in [1.29, 1.82) is 5.26 Å². The van der Waals surface area contributed by atoms with Crippen LogP contribution in [0.3, 0.4) is 0 Å². The van der Waals surface area contributed by atoms with Crippen molar-refractivity contribution < 1.29 is 9.90 Å². The van der Waals surface area contributed by atoms with E-state index in [0.717, 1.165) is 0 Å². The van der Waals surface area contributed by atoms with E-state index in [0.29, 0.717) is 4.90 Å². The first-order valence-electron chi connectivity index (χ1n) is 3.58. The molecule has 0 atom stereocenters. The SMILES string of the molecule is N#CCSc1ccccc1C(=O)O. The van der Waals surface area contributed by atoms with Crippen LogP contribution in [-0.4, -0.2) is 16.8 Å². The average molecular weight is 193 g/mol. The molecule has 0 bridgehead atoms. The minimum atomic E-state index is -0.957. The lowest BCUT2D eigenvalue weighted by atomic mass is 10.2. The van der Waals surface area contributed by atoms with Crippen LogP contribution in [-0.2, 0) is 0 Å². The number of carbonyl (C=O) groups is 1. The molecule has 3 nitrogen and oxygen atoms in total. The highest BCUT2D eigenvalue weighted by molar-refractivity contribution is 7.99. The molecule has 1 N–H and O–H groups in total. The highest BCUT2D eigenvalue weighted by Gasteiger charge is 2.08. The number of aromatic carboxylic acids is 1. The summed E-state index contributed by atoms with van der Waals surface area (Å²) in [6, 6.07) is 8.60. The maximum atomic E-state index is 10.7. The molecule has 0 aliphatic heterocycles. The van der Waals surface area contributed by atoms with Gasteiger partial charge in [-0.1, -0.05) is 12.1 Å². The quantitative estimate of drug-likeness (QED) is 0.746. The van der Waals surface area contributed by atoms with Gasteiger partial charge in [0, 0.05) is 4.90 Å². The summed E-state index contributed by atoms with van der Waals surface area (Å²) in [6.07, 6.45) is 0. The summed E-state index contributed by atoms with van der Waals surface area (Å²) >= 11 is 1.23. The number of rotatable bonds is 3. The normalized spacial score (nSPS) is 9.15. The van der Waals surface area contributed by atoms with Gasteiger partial charge < -0.3 is 5.11 Å². The van der Waals surface area contributed by atoms with E-state index in [1.165, 1.54) is 17.8 Å². The van der Waals surface area contributed by atoms with E-state index in [9.17, 15) is 4.79 Å². The van der Waals surface area contributed by atoms with Gasteiger partial charge in [-0.3, -0.25) is 0 Å². The Labute approximate surface area is 80.0 Å². The largest absolute Gasteiger partial charge is 0.478 e. The van der Waals surface area contributed by atoms with Crippen LogP contribution < -0.4 is 0 Å². The summed E-state index contributed by atoms with van der Waals surface area (Å²) in [5, 5.41) is 17.1. The van der Waals surface area contributed by atoms with Gasteiger partial charge in [0.1, 0.15) is 0 Å². The Morgan fingerprint density at radius 2 is 2.23 bits per heavy atom. The first-order valence-corrected chi connectivity index (χ1v) is 4.56. The van der Waals surface area contributed by atoms with Gasteiger partial charge in [-0.2, -0.15) is 5.26 Å². The van der Waals surface area contributed by atoms with Crippen molar-refractivity contribution in [1.82, 2.24) is 0 Å². The molecule has 0 aromatic heterocycles. The van der Waals surface area contributed by atoms with Crippen LogP contribution in [0.15, 0.2) is 29.2 Å². The monoisotopic (exact) mass is 193 g/mol. The van der Waals surface area contributed by atoms with Crippen LogP contribution >= 0.6 is 11.8 Å². The van der Waals surface area contributed by atoms with Crippen molar-refractivity contribution in [2.24, 2.45) is 0 Å². The van der Waals surface area contributed by atoms with E-state index in [2.05, 4.69) is 0 Å². The molecule has 0 spiro atoms. The highest BCUT2D eigenvalue weighted by atomic mass is 32.2. The summed E-state index contributed by atoms with van der Waals surface area (Å²) in [5.74, 6) is -0.689. The fourth-order valence-corrected chi connectivity index (χ4v) is 1.58. The molecule has 0 fully saturated rings. The molecule has 0 aliphatic carbocycles. The Balaban J connectivity index is 2.92. The minimum Gasteiger partial charge on any atom is -0.478 e. The van der Waals surface area contributed by atoms with Gasteiger partial charge in [-0.05, 0) is 12.1 Å². The molecular weight excluding hydrogens is 186 g/mol. The number of nitrogens with zero attached hydrogens (tertiary/aromatic N) is 1.